The average Bonchev–Trinajstić information content (AvgIpc) is 2.72. The number of aromatic nitrogens is 3. The largest absolute Gasteiger partial charge is 0.485 e. The number of ether oxygens (including phenoxy) is 1. The van der Waals surface area contributed by atoms with E-state index in [1.54, 1.807) is 23.7 Å². The first-order chi connectivity index (χ1) is 9.93. The molecule has 6 nitrogen and oxygen atoms in total. The lowest BCUT2D eigenvalue weighted by molar-refractivity contribution is 0.0684. The van der Waals surface area contributed by atoms with Gasteiger partial charge in [-0.1, -0.05) is 6.92 Å². The zero-order chi connectivity index (χ0) is 15.6. The van der Waals surface area contributed by atoms with Crippen molar-refractivity contribution in [1.29, 1.82) is 0 Å². The highest BCUT2D eigenvalue weighted by Crippen LogP contribution is 2.24. The molecular formula is C14H16BrN3O3. The Balaban J connectivity index is 2.25. The normalized spacial score (nSPS) is 10.7. The van der Waals surface area contributed by atoms with E-state index in [0.717, 1.165) is 22.3 Å². The Morgan fingerprint density at radius 3 is 2.76 bits per heavy atom. The van der Waals surface area contributed by atoms with Crippen LogP contribution in [0.4, 0.5) is 0 Å². The third-order valence-corrected chi connectivity index (χ3v) is 3.98. The molecule has 1 N–H and O–H groups in total. The van der Waals surface area contributed by atoms with Crippen LogP contribution in [-0.2, 0) is 20.1 Å². The van der Waals surface area contributed by atoms with Gasteiger partial charge in [-0.3, -0.25) is 4.68 Å². The summed E-state index contributed by atoms with van der Waals surface area (Å²) < 4.78 is 8.24. The number of carbonyl (C=O) groups is 1. The van der Waals surface area contributed by atoms with E-state index in [1.165, 1.54) is 0 Å². The minimum Gasteiger partial charge on any atom is -0.485 e. The minimum atomic E-state index is -1.10. The van der Waals surface area contributed by atoms with Crippen molar-refractivity contribution in [2.24, 2.45) is 7.05 Å². The Morgan fingerprint density at radius 1 is 1.48 bits per heavy atom. The molecule has 2 aromatic rings. The quantitative estimate of drug-likeness (QED) is 0.893. The van der Waals surface area contributed by atoms with Crippen molar-refractivity contribution in [2.75, 3.05) is 0 Å². The highest BCUT2D eigenvalue weighted by Gasteiger charge is 2.17. The van der Waals surface area contributed by atoms with Crippen LogP contribution in [0.2, 0.25) is 0 Å². The van der Waals surface area contributed by atoms with Gasteiger partial charge in [-0.15, -0.1) is 0 Å². The Hall–Kier alpha value is -1.89. The average molecular weight is 354 g/mol. The molecule has 0 fully saturated rings. The zero-order valence-corrected chi connectivity index (χ0v) is 13.6. The molecular weight excluding hydrogens is 338 g/mol. The summed E-state index contributed by atoms with van der Waals surface area (Å²) in [7, 11) is 1.83. The van der Waals surface area contributed by atoms with Gasteiger partial charge in [-0.25, -0.2) is 9.78 Å². The summed E-state index contributed by atoms with van der Waals surface area (Å²) in [5, 5.41) is 13.5. The van der Waals surface area contributed by atoms with Crippen molar-refractivity contribution >= 4 is 21.9 Å². The second-order valence-electron chi connectivity index (χ2n) is 4.58. The summed E-state index contributed by atoms with van der Waals surface area (Å²) in [4.78, 5) is 15.2. The van der Waals surface area contributed by atoms with Gasteiger partial charge in [0, 0.05) is 12.7 Å². The van der Waals surface area contributed by atoms with E-state index < -0.39 is 5.97 Å². The van der Waals surface area contributed by atoms with Crippen LogP contribution in [0.25, 0.3) is 0 Å². The molecule has 2 aromatic heterocycles. The first kappa shape index (κ1) is 15.5. The number of hydrogen-bond donors (Lipinski definition) is 1. The van der Waals surface area contributed by atoms with Crippen LogP contribution in [0.1, 0.15) is 34.5 Å². The molecule has 0 saturated heterocycles. The number of carboxylic acids is 1. The molecule has 2 rings (SSSR count). The lowest BCUT2D eigenvalue weighted by atomic mass is 10.3. The van der Waals surface area contributed by atoms with Crippen molar-refractivity contribution in [2.45, 2.75) is 26.9 Å². The lowest BCUT2D eigenvalue weighted by Gasteiger charge is -2.09. The highest BCUT2D eigenvalue weighted by atomic mass is 79.9. The standard InChI is InChI=1S/C14H16BrN3O3/c1-4-9-12(15)10(18(3)17-9)7-21-11-6-5-8(2)16-13(11)14(19)20/h5-6H,4,7H2,1-3H3,(H,19,20). The molecule has 0 spiro atoms. The lowest BCUT2D eigenvalue weighted by Crippen LogP contribution is -2.09. The van der Waals surface area contributed by atoms with Crippen molar-refractivity contribution in [3.63, 3.8) is 0 Å². The summed E-state index contributed by atoms with van der Waals surface area (Å²) in [6.07, 6.45) is 0.806. The summed E-state index contributed by atoms with van der Waals surface area (Å²) in [5.74, 6) is -0.855. The molecule has 21 heavy (non-hydrogen) atoms. The van der Waals surface area contributed by atoms with Crippen LogP contribution in [0.15, 0.2) is 16.6 Å². The van der Waals surface area contributed by atoms with Gasteiger partial charge >= 0.3 is 5.97 Å². The van der Waals surface area contributed by atoms with E-state index in [1.807, 2.05) is 14.0 Å². The molecule has 0 bridgehead atoms. The number of aryl methyl sites for hydroxylation is 3. The molecule has 2 heterocycles. The Bertz CT molecular complexity index is 682. The van der Waals surface area contributed by atoms with Gasteiger partial charge in [0.2, 0.25) is 0 Å². The van der Waals surface area contributed by atoms with Crippen molar-refractivity contribution in [3.8, 4) is 5.75 Å². The first-order valence-electron chi connectivity index (χ1n) is 6.48. The van der Waals surface area contributed by atoms with Crippen LogP contribution in [-0.4, -0.2) is 25.8 Å². The number of pyridine rings is 1. The SMILES string of the molecule is CCc1nn(C)c(COc2ccc(C)nc2C(=O)O)c1Br. The molecule has 0 atom stereocenters. The zero-order valence-electron chi connectivity index (χ0n) is 12.1. The predicted octanol–water partition coefficient (Wildman–Crippen LogP) is 2.73. The van der Waals surface area contributed by atoms with E-state index in [9.17, 15) is 4.79 Å². The maximum absolute atomic E-state index is 11.2. The van der Waals surface area contributed by atoms with Gasteiger partial charge in [-0.05, 0) is 41.4 Å². The van der Waals surface area contributed by atoms with Gasteiger partial charge in [0.05, 0.1) is 15.9 Å². The molecule has 112 valence electrons. The number of rotatable bonds is 5. The van der Waals surface area contributed by atoms with E-state index in [0.29, 0.717) is 5.69 Å². The molecule has 0 aliphatic rings. The van der Waals surface area contributed by atoms with Gasteiger partial charge in [0.1, 0.15) is 6.61 Å². The first-order valence-corrected chi connectivity index (χ1v) is 7.27. The van der Waals surface area contributed by atoms with Crippen LogP contribution in [0.5, 0.6) is 5.75 Å². The monoisotopic (exact) mass is 353 g/mol. The molecule has 0 aliphatic carbocycles. The van der Waals surface area contributed by atoms with Crippen molar-refractivity contribution < 1.29 is 14.6 Å². The second-order valence-corrected chi connectivity index (χ2v) is 5.37. The highest BCUT2D eigenvalue weighted by molar-refractivity contribution is 9.10. The molecule has 0 unspecified atom stereocenters. The molecule has 0 aliphatic heterocycles. The van der Waals surface area contributed by atoms with E-state index >= 15 is 0 Å². The number of aromatic carboxylic acids is 1. The fourth-order valence-corrected chi connectivity index (χ4v) is 2.67. The summed E-state index contributed by atoms with van der Waals surface area (Å²) in [6, 6.07) is 3.34. The Kier molecular flexibility index (Phi) is 4.62. The third kappa shape index (κ3) is 3.24. The second kappa shape index (κ2) is 6.26. The fourth-order valence-electron chi connectivity index (χ4n) is 1.94. The molecule has 0 radical (unpaired) electrons. The topological polar surface area (TPSA) is 77.2 Å². The predicted molar refractivity (Wildman–Crippen MR) is 80.6 cm³/mol. The molecule has 0 saturated carbocycles. The number of halogens is 1. The molecule has 0 amide bonds. The third-order valence-electron chi connectivity index (χ3n) is 3.07. The summed E-state index contributed by atoms with van der Waals surface area (Å²) >= 11 is 3.50. The van der Waals surface area contributed by atoms with Gasteiger partial charge in [0.25, 0.3) is 0 Å². The van der Waals surface area contributed by atoms with Gasteiger partial charge in [0.15, 0.2) is 11.4 Å². The smallest absolute Gasteiger partial charge is 0.358 e. The van der Waals surface area contributed by atoms with E-state index in [2.05, 4.69) is 26.0 Å². The number of hydrogen-bond acceptors (Lipinski definition) is 4. The maximum atomic E-state index is 11.2. The fraction of sp³-hybridized carbons (Fsp3) is 0.357. The van der Waals surface area contributed by atoms with Gasteiger partial charge in [-0.2, -0.15) is 5.10 Å². The molecule has 0 aromatic carbocycles. The van der Waals surface area contributed by atoms with Gasteiger partial charge < -0.3 is 9.84 Å². The Morgan fingerprint density at radius 2 is 2.19 bits per heavy atom. The number of carboxylic acid groups (broad SMARTS) is 1. The van der Waals surface area contributed by atoms with Crippen molar-refractivity contribution in [3.05, 3.63) is 39.4 Å². The Labute approximate surface area is 130 Å². The van der Waals surface area contributed by atoms with Crippen molar-refractivity contribution in [1.82, 2.24) is 14.8 Å². The van der Waals surface area contributed by atoms with Crippen LogP contribution in [0.3, 0.4) is 0 Å². The number of nitrogens with zero attached hydrogens (tertiary/aromatic N) is 3. The minimum absolute atomic E-state index is 0.0796. The molecule has 7 heteroatoms. The van der Waals surface area contributed by atoms with Crippen LogP contribution in [0, 0.1) is 6.92 Å². The van der Waals surface area contributed by atoms with Crippen LogP contribution < -0.4 is 4.74 Å². The van der Waals surface area contributed by atoms with Crippen LogP contribution >= 0.6 is 15.9 Å². The maximum Gasteiger partial charge on any atom is 0.358 e. The van der Waals surface area contributed by atoms with E-state index in [-0.39, 0.29) is 18.1 Å². The summed E-state index contributed by atoms with van der Waals surface area (Å²) in [6.45, 7) is 3.97. The van der Waals surface area contributed by atoms with E-state index in [4.69, 9.17) is 9.84 Å². The summed E-state index contributed by atoms with van der Waals surface area (Å²) in [5.41, 5.74) is 2.35.